The van der Waals surface area contributed by atoms with Crippen molar-refractivity contribution in [3.63, 3.8) is 0 Å². The molecule has 1 aliphatic carbocycles. The molecule has 0 radical (unpaired) electrons. The molecule has 39 heavy (non-hydrogen) atoms. The minimum Gasteiger partial charge on any atom is -0.473 e. The van der Waals surface area contributed by atoms with Crippen molar-refractivity contribution in [2.45, 2.75) is 32.0 Å². The minimum absolute atomic E-state index is 0.165. The second-order valence-electron chi connectivity index (χ2n) is 9.70. The van der Waals surface area contributed by atoms with E-state index >= 15 is 0 Å². The van der Waals surface area contributed by atoms with Crippen LogP contribution in [0.2, 0.25) is 5.02 Å². The first-order valence-corrected chi connectivity index (χ1v) is 13.2. The summed E-state index contributed by atoms with van der Waals surface area (Å²) in [6.07, 6.45) is 4.44. The van der Waals surface area contributed by atoms with Gasteiger partial charge in [0.15, 0.2) is 0 Å². The van der Waals surface area contributed by atoms with Gasteiger partial charge in [0.05, 0.1) is 18.8 Å². The maximum Gasteiger partial charge on any atom is 0.414 e. The quantitative estimate of drug-likeness (QED) is 0.363. The van der Waals surface area contributed by atoms with Crippen LogP contribution < -0.4 is 5.32 Å². The highest BCUT2D eigenvalue weighted by Crippen LogP contribution is 2.26. The fraction of sp³-hybridized carbons (Fsp3) is 0.357. The predicted octanol–water partition coefficient (Wildman–Crippen LogP) is 2.80. The molecule has 11 heteroatoms. The Morgan fingerprint density at radius 1 is 0.872 bits per heavy atom. The highest BCUT2D eigenvalue weighted by atomic mass is 35.5. The molecule has 0 spiro atoms. The van der Waals surface area contributed by atoms with Crippen molar-refractivity contribution in [2.24, 2.45) is 0 Å². The van der Waals surface area contributed by atoms with E-state index in [2.05, 4.69) is 45.6 Å². The number of benzene rings is 2. The number of piperazine rings is 1. The number of nitrogens with one attached hydrogen (secondary N) is 1. The van der Waals surface area contributed by atoms with Gasteiger partial charge in [0, 0.05) is 61.1 Å². The van der Waals surface area contributed by atoms with Crippen molar-refractivity contribution in [3.8, 4) is 11.3 Å². The van der Waals surface area contributed by atoms with Gasteiger partial charge in [-0.3, -0.25) is 19.3 Å². The van der Waals surface area contributed by atoms with Crippen LogP contribution in [0.3, 0.4) is 0 Å². The largest absolute Gasteiger partial charge is 0.473 e. The van der Waals surface area contributed by atoms with Crippen molar-refractivity contribution in [2.75, 3.05) is 32.7 Å². The third kappa shape index (κ3) is 8.91. The molecular formula is C28H32ClN5O5. The number of rotatable bonds is 8. The van der Waals surface area contributed by atoms with E-state index in [0.717, 1.165) is 68.4 Å². The predicted molar refractivity (Wildman–Crippen MR) is 146 cm³/mol. The van der Waals surface area contributed by atoms with Gasteiger partial charge in [0.2, 0.25) is 5.91 Å². The van der Waals surface area contributed by atoms with Crippen LogP contribution in [0.1, 0.15) is 24.0 Å². The zero-order chi connectivity index (χ0) is 27.8. The topological polar surface area (TPSA) is 128 Å². The number of nitrogens with zero attached hydrogens (tertiary/aromatic N) is 4. The van der Waals surface area contributed by atoms with Crippen LogP contribution in [0.5, 0.6) is 0 Å². The summed E-state index contributed by atoms with van der Waals surface area (Å²) in [4.78, 5) is 35.0. The lowest BCUT2D eigenvalue weighted by Crippen LogP contribution is -2.49. The molecule has 2 fully saturated rings. The second kappa shape index (κ2) is 13.4. The Labute approximate surface area is 231 Å². The average molecular weight is 554 g/mol. The molecule has 206 valence electrons. The van der Waals surface area contributed by atoms with Crippen LogP contribution in [0, 0.1) is 0 Å². The number of aromatic nitrogens is 2. The van der Waals surface area contributed by atoms with Gasteiger partial charge in [0.25, 0.3) is 0 Å². The molecule has 3 N–H and O–H groups in total. The van der Waals surface area contributed by atoms with Crippen molar-refractivity contribution in [1.82, 2.24) is 24.9 Å². The number of halogens is 1. The molecule has 1 saturated heterocycles. The van der Waals surface area contributed by atoms with Gasteiger partial charge >= 0.3 is 11.9 Å². The van der Waals surface area contributed by atoms with Gasteiger partial charge in [-0.15, -0.1) is 0 Å². The van der Waals surface area contributed by atoms with Gasteiger partial charge in [-0.2, -0.15) is 5.10 Å². The number of carboxylic acid groups (broad SMARTS) is 2. The van der Waals surface area contributed by atoms with Crippen molar-refractivity contribution < 1.29 is 24.6 Å². The Morgan fingerprint density at radius 2 is 1.49 bits per heavy atom. The summed E-state index contributed by atoms with van der Waals surface area (Å²) < 4.78 is 2.03. The van der Waals surface area contributed by atoms with Gasteiger partial charge < -0.3 is 15.5 Å². The third-order valence-corrected chi connectivity index (χ3v) is 6.75. The maximum atomic E-state index is 12.1. The molecule has 2 aliphatic rings. The minimum atomic E-state index is -1.82. The van der Waals surface area contributed by atoms with E-state index < -0.39 is 11.9 Å². The normalized spacial score (nSPS) is 15.7. The first-order chi connectivity index (χ1) is 18.8. The molecule has 1 amide bonds. The number of aliphatic carboxylic acids is 2. The summed E-state index contributed by atoms with van der Waals surface area (Å²) >= 11 is 6.12. The number of hydrogen-bond acceptors (Lipinski definition) is 6. The number of amides is 1. The van der Waals surface area contributed by atoms with E-state index in [-0.39, 0.29) is 5.91 Å². The van der Waals surface area contributed by atoms with E-state index in [1.54, 1.807) is 0 Å². The van der Waals surface area contributed by atoms with Crippen LogP contribution in [0.4, 0.5) is 0 Å². The summed E-state index contributed by atoms with van der Waals surface area (Å²) in [5, 5.41) is 23.5. The summed E-state index contributed by atoms with van der Waals surface area (Å²) in [5.41, 5.74) is 4.53. The lowest BCUT2D eigenvalue weighted by Gasteiger charge is -2.34. The molecule has 1 saturated carbocycles. The van der Waals surface area contributed by atoms with Crippen LogP contribution in [0.15, 0.2) is 60.8 Å². The third-order valence-electron chi connectivity index (χ3n) is 6.49. The fourth-order valence-electron chi connectivity index (χ4n) is 4.33. The lowest BCUT2D eigenvalue weighted by molar-refractivity contribution is -0.159. The number of carboxylic acids is 2. The average Bonchev–Trinajstić information content (AvgIpc) is 3.64. The first kappa shape index (κ1) is 28.3. The highest BCUT2D eigenvalue weighted by molar-refractivity contribution is 6.30. The zero-order valence-corrected chi connectivity index (χ0v) is 22.3. The summed E-state index contributed by atoms with van der Waals surface area (Å²) in [6, 6.07) is 18.8. The van der Waals surface area contributed by atoms with Crippen molar-refractivity contribution >= 4 is 29.4 Å². The van der Waals surface area contributed by atoms with Crippen LogP contribution >= 0.6 is 11.6 Å². The van der Waals surface area contributed by atoms with E-state index in [1.807, 2.05) is 35.0 Å². The van der Waals surface area contributed by atoms with Crippen molar-refractivity contribution in [3.05, 3.63) is 76.9 Å². The molecule has 0 atom stereocenters. The van der Waals surface area contributed by atoms with Crippen LogP contribution in [-0.4, -0.2) is 86.4 Å². The standard InChI is InChI=1S/C26H30ClN5O.C2H2O4/c27-23-8-6-21(7-9-23)26-22(18-32(29-26)16-20-4-2-1-3-5-20)17-30-12-14-31(15-13-30)19-25(33)28-24-10-11-24;3-1(4)2(5)6/h1-9,18,24H,10-17,19H2,(H,28,33);(H,3,4)(H,5,6). The van der Waals surface area contributed by atoms with Crippen LogP contribution in [-0.2, 0) is 27.5 Å². The molecule has 0 bridgehead atoms. The molecule has 2 heterocycles. The summed E-state index contributed by atoms with van der Waals surface area (Å²) in [6.45, 7) is 5.80. The molecule has 0 unspecified atom stereocenters. The lowest BCUT2D eigenvalue weighted by atomic mass is 10.1. The molecule has 5 rings (SSSR count). The van der Waals surface area contributed by atoms with E-state index in [4.69, 9.17) is 36.5 Å². The van der Waals surface area contributed by atoms with Gasteiger partial charge in [0.1, 0.15) is 0 Å². The summed E-state index contributed by atoms with van der Waals surface area (Å²) in [7, 11) is 0. The van der Waals surface area contributed by atoms with Crippen LogP contribution in [0.25, 0.3) is 11.3 Å². The van der Waals surface area contributed by atoms with E-state index in [0.29, 0.717) is 12.6 Å². The van der Waals surface area contributed by atoms with Gasteiger partial charge in [-0.05, 0) is 30.5 Å². The maximum absolute atomic E-state index is 12.1. The Morgan fingerprint density at radius 3 is 2.08 bits per heavy atom. The highest BCUT2D eigenvalue weighted by Gasteiger charge is 2.26. The number of carbonyl (C=O) groups excluding carboxylic acids is 1. The Kier molecular flexibility index (Phi) is 9.69. The van der Waals surface area contributed by atoms with Gasteiger partial charge in [-0.1, -0.05) is 54.1 Å². The fourth-order valence-corrected chi connectivity index (χ4v) is 4.46. The van der Waals surface area contributed by atoms with E-state index in [1.165, 1.54) is 11.1 Å². The molecule has 1 aliphatic heterocycles. The summed E-state index contributed by atoms with van der Waals surface area (Å²) in [5.74, 6) is -3.48. The Balaban J connectivity index is 0.000000531. The molecule has 3 aromatic rings. The molecular weight excluding hydrogens is 522 g/mol. The first-order valence-electron chi connectivity index (χ1n) is 12.8. The molecule has 2 aromatic carbocycles. The second-order valence-corrected chi connectivity index (χ2v) is 10.1. The molecule has 1 aromatic heterocycles. The SMILES string of the molecule is O=C(CN1CCN(Cc2cn(Cc3ccccc3)nc2-c2ccc(Cl)cc2)CC1)NC1CC1.O=C(O)C(=O)O. The monoisotopic (exact) mass is 553 g/mol. The smallest absolute Gasteiger partial charge is 0.414 e. The van der Waals surface area contributed by atoms with Gasteiger partial charge in [-0.25, -0.2) is 9.59 Å². The zero-order valence-electron chi connectivity index (χ0n) is 21.5. The Bertz CT molecular complexity index is 1260. The number of carbonyl (C=O) groups is 3. The van der Waals surface area contributed by atoms with E-state index in [9.17, 15) is 4.79 Å². The number of hydrogen-bond donors (Lipinski definition) is 3. The van der Waals surface area contributed by atoms with Crippen molar-refractivity contribution in [1.29, 1.82) is 0 Å². The molecule has 10 nitrogen and oxygen atoms in total. The Hall–Kier alpha value is -3.73.